The van der Waals surface area contributed by atoms with Gasteiger partial charge in [-0.15, -0.1) is 0 Å². The normalized spacial score (nSPS) is 12.0. The number of hydrogen-bond acceptors (Lipinski definition) is 3. The summed E-state index contributed by atoms with van der Waals surface area (Å²) in [6.45, 7) is 4.00. The average molecular weight is 250 g/mol. The first-order valence-corrected chi connectivity index (χ1v) is 6.27. The maximum absolute atomic E-state index is 11.8. The number of carbonyl (C=O) groups is 1. The third kappa shape index (κ3) is 4.37. The van der Waals surface area contributed by atoms with Crippen LogP contribution in [0.2, 0.25) is 0 Å². The Morgan fingerprint density at radius 1 is 1.50 bits per heavy atom. The number of carbonyl (C=O) groups excluding carboxylic acids is 1. The van der Waals surface area contributed by atoms with Crippen LogP contribution >= 0.6 is 0 Å². The molecule has 4 heteroatoms. The first-order chi connectivity index (χ1) is 8.56. The van der Waals surface area contributed by atoms with Gasteiger partial charge in [-0.2, -0.15) is 0 Å². The van der Waals surface area contributed by atoms with Gasteiger partial charge in [-0.05, 0) is 37.1 Å². The molecule has 0 aromatic heterocycles. The summed E-state index contributed by atoms with van der Waals surface area (Å²) in [6, 6.07) is 5.50. The van der Waals surface area contributed by atoms with Gasteiger partial charge >= 0.3 is 0 Å². The van der Waals surface area contributed by atoms with Crippen LogP contribution in [-0.2, 0) is 4.79 Å². The van der Waals surface area contributed by atoms with Crippen LogP contribution in [-0.4, -0.2) is 19.1 Å². The molecule has 3 N–H and O–H groups in total. The highest BCUT2D eigenvalue weighted by Crippen LogP contribution is 2.21. The summed E-state index contributed by atoms with van der Waals surface area (Å²) in [5, 5.41) is 2.88. The number of amides is 1. The Labute approximate surface area is 109 Å². The molecule has 0 saturated carbocycles. The quantitative estimate of drug-likeness (QED) is 0.815. The van der Waals surface area contributed by atoms with E-state index in [1.54, 1.807) is 7.11 Å². The molecule has 0 heterocycles. The molecule has 18 heavy (non-hydrogen) atoms. The Kier molecular flexibility index (Phi) is 5.65. The summed E-state index contributed by atoms with van der Waals surface area (Å²) in [5.41, 5.74) is 7.63. The summed E-state index contributed by atoms with van der Waals surface area (Å²) < 4.78 is 5.12. The highest BCUT2D eigenvalue weighted by molar-refractivity contribution is 5.91. The molecule has 1 unspecified atom stereocenters. The Bertz CT molecular complexity index is 405. The highest BCUT2D eigenvalue weighted by Gasteiger charge is 2.10. The van der Waals surface area contributed by atoms with Crippen molar-refractivity contribution in [2.45, 2.75) is 39.2 Å². The van der Waals surface area contributed by atoms with E-state index in [4.69, 9.17) is 10.5 Å². The lowest BCUT2D eigenvalue weighted by molar-refractivity contribution is -0.116. The van der Waals surface area contributed by atoms with Gasteiger partial charge in [-0.3, -0.25) is 4.79 Å². The second-order valence-electron chi connectivity index (χ2n) is 4.48. The van der Waals surface area contributed by atoms with Crippen molar-refractivity contribution in [2.75, 3.05) is 12.4 Å². The minimum Gasteiger partial charge on any atom is -0.497 e. The standard InChI is InChI=1S/C14H22N2O2/c1-4-5-11(15)9-14(17)16-13-7-6-12(18-3)8-10(13)2/h6-8,11H,4-5,9,15H2,1-3H3,(H,16,17). The van der Waals surface area contributed by atoms with E-state index < -0.39 is 0 Å². The van der Waals surface area contributed by atoms with Crippen molar-refractivity contribution in [1.82, 2.24) is 0 Å². The van der Waals surface area contributed by atoms with Crippen molar-refractivity contribution in [3.63, 3.8) is 0 Å². The van der Waals surface area contributed by atoms with Gasteiger partial charge in [-0.25, -0.2) is 0 Å². The van der Waals surface area contributed by atoms with Crippen molar-refractivity contribution in [1.29, 1.82) is 0 Å². The molecule has 100 valence electrons. The number of aryl methyl sites for hydroxylation is 1. The largest absolute Gasteiger partial charge is 0.497 e. The van der Waals surface area contributed by atoms with Gasteiger partial charge in [0.15, 0.2) is 0 Å². The third-order valence-corrected chi connectivity index (χ3v) is 2.81. The predicted octanol–water partition coefficient (Wildman–Crippen LogP) is 2.46. The van der Waals surface area contributed by atoms with Gasteiger partial charge < -0.3 is 15.8 Å². The molecule has 1 atom stereocenters. The fraction of sp³-hybridized carbons (Fsp3) is 0.500. The molecule has 0 aliphatic carbocycles. The molecule has 1 aromatic carbocycles. The fourth-order valence-electron chi connectivity index (χ4n) is 1.82. The number of hydrogen-bond donors (Lipinski definition) is 2. The molecule has 0 radical (unpaired) electrons. The molecule has 0 aliphatic rings. The zero-order valence-corrected chi connectivity index (χ0v) is 11.3. The summed E-state index contributed by atoms with van der Waals surface area (Å²) in [6.07, 6.45) is 2.23. The SMILES string of the molecule is CCCC(N)CC(=O)Nc1ccc(OC)cc1C. The molecular formula is C14H22N2O2. The van der Waals surface area contributed by atoms with E-state index >= 15 is 0 Å². The lowest BCUT2D eigenvalue weighted by Crippen LogP contribution is -2.27. The fourth-order valence-corrected chi connectivity index (χ4v) is 1.82. The van der Waals surface area contributed by atoms with Gasteiger partial charge in [0.2, 0.25) is 5.91 Å². The van der Waals surface area contributed by atoms with Crippen molar-refractivity contribution in [3.05, 3.63) is 23.8 Å². The van der Waals surface area contributed by atoms with E-state index in [0.29, 0.717) is 6.42 Å². The average Bonchev–Trinajstić information content (AvgIpc) is 2.31. The molecule has 1 amide bonds. The van der Waals surface area contributed by atoms with Crippen molar-refractivity contribution in [3.8, 4) is 5.75 Å². The van der Waals surface area contributed by atoms with Crippen LogP contribution < -0.4 is 15.8 Å². The van der Waals surface area contributed by atoms with E-state index in [9.17, 15) is 4.79 Å². The first-order valence-electron chi connectivity index (χ1n) is 6.27. The molecule has 0 bridgehead atoms. The van der Waals surface area contributed by atoms with Crippen molar-refractivity contribution in [2.24, 2.45) is 5.73 Å². The minimum atomic E-state index is -0.0615. The Balaban J connectivity index is 2.59. The molecule has 4 nitrogen and oxygen atoms in total. The Morgan fingerprint density at radius 2 is 2.22 bits per heavy atom. The Hall–Kier alpha value is -1.55. The van der Waals surface area contributed by atoms with Crippen LogP contribution in [0.4, 0.5) is 5.69 Å². The van der Waals surface area contributed by atoms with Crippen LogP contribution in [0, 0.1) is 6.92 Å². The van der Waals surface area contributed by atoms with Gasteiger partial charge in [0.25, 0.3) is 0 Å². The monoisotopic (exact) mass is 250 g/mol. The van der Waals surface area contributed by atoms with Gasteiger partial charge in [0.05, 0.1) is 7.11 Å². The third-order valence-electron chi connectivity index (χ3n) is 2.81. The smallest absolute Gasteiger partial charge is 0.225 e. The molecule has 0 saturated heterocycles. The second-order valence-corrected chi connectivity index (χ2v) is 4.48. The molecular weight excluding hydrogens is 228 g/mol. The number of nitrogens with one attached hydrogen (secondary N) is 1. The highest BCUT2D eigenvalue weighted by atomic mass is 16.5. The zero-order valence-electron chi connectivity index (χ0n) is 11.3. The van der Waals surface area contributed by atoms with Gasteiger partial charge in [0, 0.05) is 18.2 Å². The lowest BCUT2D eigenvalue weighted by Gasteiger charge is -2.12. The van der Waals surface area contributed by atoms with Gasteiger partial charge in [0.1, 0.15) is 5.75 Å². The van der Waals surface area contributed by atoms with Crippen LogP contribution in [0.25, 0.3) is 0 Å². The number of nitrogens with two attached hydrogens (primary N) is 1. The predicted molar refractivity (Wildman–Crippen MR) is 73.9 cm³/mol. The van der Waals surface area contributed by atoms with E-state index in [-0.39, 0.29) is 11.9 Å². The summed E-state index contributed by atoms with van der Waals surface area (Å²) in [4.78, 5) is 11.8. The number of anilines is 1. The van der Waals surface area contributed by atoms with Crippen LogP contribution in [0.15, 0.2) is 18.2 Å². The zero-order chi connectivity index (χ0) is 13.5. The molecule has 1 rings (SSSR count). The summed E-state index contributed by atoms with van der Waals surface area (Å²) in [7, 11) is 1.62. The van der Waals surface area contributed by atoms with Crippen molar-refractivity contribution < 1.29 is 9.53 Å². The first kappa shape index (κ1) is 14.5. The van der Waals surface area contributed by atoms with Crippen LogP contribution in [0.1, 0.15) is 31.7 Å². The number of benzene rings is 1. The molecule has 0 fully saturated rings. The van der Waals surface area contributed by atoms with Crippen LogP contribution in [0.3, 0.4) is 0 Å². The molecule has 0 spiro atoms. The van der Waals surface area contributed by atoms with E-state index in [1.165, 1.54) is 0 Å². The maximum Gasteiger partial charge on any atom is 0.225 e. The topological polar surface area (TPSA) is 64.4 Å². The van der Waals surface area contributed by atoms with Crippen LogP contribution in [0.5, 0.6) is 5.75 Å². The molecule has 1 aromatic rings. The number of methoxy groups -OCH3 is 1. The van der Waals surface area contributed by atoms with E-state index in [0.717, 1.165) is 29.8 Å². The maximum atomic E-state index is 11.8. The summed E-state index contributed by atoms with van der Waals surface area (Å²) >= 11 is 0. The second kappa shape index (κ2) is 7.01. The Morgan fingerprint density at radius 3 is 2.78 bits per heavy atom. The number of rotatable bonds is 6. The summed E-state index contributed by atoms with van der Waals surface area (Å²) in [5.74, 6) is 0.748. The molecule has 0 aliphatic heterocycles. The van der Waals surface area contributed by atoms with E-state index in [2.05, 4.69) is 12.2 Å². The lowest BCUT2D eigenvalue weighted by atomic mass is 10.1. The van der Waals surface area contributed by atoms with E-state index in [1.807, 2.05) is 25.1 Å². The van der Waals surface area contributed by atoms with Crippen molar-refractivity contribution >= 4 is 11.6 Å². The van der Waals surface area contributed by atoms with Gasteiger partial charge in [-0.1, -0.05) is 13.3 Å². The minimum absolute atomic E-state index is 0.0378. The number of ether oxygens (including phenoxy) is 1.